The monoisotopic (exact) mass is 315 g/mol. The number of hydrogen-bond acceptors (Lipinski definition) is 2. The first-order valence-corrected chi connectivity index (χ1v) is 7.30. The minimum Gasteiger partial charge on any atom is -0.334 e. The molecule has 0 unspecified atom stereocenters. The lowest BCUT2D eigenvalue weighted by molar-refractivity contribution is 0.244. The van der Waals surface area contributed by atoms with Gasteiger partial charge in [0.1, 0.15) is 0 Å². The molecule has 2 rings (SSSR count). The summed E-state index contributed by atoms with van der Waals surface area (Å²) in [6, 6.07) is 14.9. The molecule has 4 nitrogen and oxygen atoms in total. The first-order chi connectivity index (χ1) is 10.7. The smallest absolute Gasteiger partial charge is 0.319 e. The van der Waals surface area contributed by atoms with Crippen molar-refractivity contribution in [3.05, 3.63) is 76.4 Å². The fraction of sp³-hybridized carbons (Fsp3) is 0.118. The number of halogens is 1. The number of amides is 2. The minimum atomic E-state index is -0.276. The summed E-state index contributed by atoms with van der Waals surface area (Å²) in [5, 5.41) is 6.06. The summed E-state index contributed by atoms with van der Waals surface area (Å²) in [5.41, 5.74) is 8.48. The molecule has 0 spiro atoms. The lowest BCUT2D eigenvalue weighted by Gasteiger charge is -2.06. The van der Waals surface area contributed by atoms with E-state index in [0.29, 0.717) is 18.1 Å². The van der Waals surface area contributed by atoms with Gasteiger partial charge in [-0.05, 0) is 28.8 Å². The number of carbonyl (C=O) groups is 1. The number of nitrogens with two attached hydrogens (primary N) is 1. The van der Waals surface area contributed by atoms with Crippen LogP contribution in [0, 0.1) is 0 Å². The summed E-state index contributed by atoms with van der Waals surface area (Å²) in [6.07, 6.45) is 3.31. The summed E-state index contributed by atoms with van der Waals surface area (Å²) < 4.78 is 0. The molecule has 0 saturated heterocycles. The van der Waals surface area contributed by atoms with E-state index in [9.17, 15) is 4.79 Å². The molecule has 5 heteroatoms. The highest BCUT2D eigenvalue weighted by Gasteiger charge is 1.99. The normalized spacial score (nSPS) is 10.6. The largest absolute Gasteiger partial charge is 0.334 e. The van der Waals surface area contributed by atoms with Gasteiger partial charge in [0, 0.05) is 24.3 Å². The average Bonchev–Trinajstić information content (AvgIpc) is 2.55. The molecule has 22 heavy (non-hydrogen) atoms. The molecule has 2 aromatic rings. The molecule has 4 N–H and O–H groups in total. The maximum absolute atomic E-state index is 11.7. The third-order valence-electron chi connectivity index (χ3n) is 3.06. The van der Waals surface area contributed by atoms with E-state index in [4.69, 9.17) is 17.3 Å². The molecule has 0 aromatic heterocycles. The zero-order chi connectivity index (χ0) is 15.8. The molecule has 0 fully saturated rings. The van der Waals surface area contributed by atoms with E-state index in [1.165, 1.54) is 0 Å². The van der Waals surface area contributed by atoms with Crippen LogP contribution in [0.25, 0.3) is 6.08 Å². The van der Waals surface area contributed by atoms with Crippen LogP contribution >= 0.6 is 11.6 Å². The number of carbonyl (C=O) groups excluding carboxylic acids is 1. The maximum Gasteiger partial charge on any atom is 0.319 e. The van der Waals surface area contributed by atoms with E-state index < -0.39 is 0 Å². The zero-order valence-corrected chi connectivity index (χ0v) is 12.8. The van der Waals surface area contributed by atoms with Crippen molar-refractivity contribution in [2.75, 3.05) is 0 Å². The topological polar surface area (TPSA) is 67.1 Å². The highest BCUT2D eigenvalue weighted by molar-refractivity contribution is 6.32. The van der Waals surface area contributed by atoms with E-state index in [0.717, 1.165) is 16.7 Å². The van der Waals surface area contributed by atoms with E-state index in [1.807, 2.05) is 42.5 Å². The molecule has 0 heterocycles. The predicted octanol–water partition coefficient (Wildman–Crippen LogP) is 3.27. The molecule has 2 aromatic carbocycles. The van der Waals surface area contributed by atoms with E-state index >= 15 is 0 Å². The van der Waals surface area contributed by atoms with E-state index in [1.54, 1.807) is 18.3 Å². The van der Waals surface area contributed by atoms with Gasteiger partial charge >= 0.3 is 6.03 Å². The van der Waals surface area contributed by atoms with Crippen LogP contribution in [0.15, 0.2) is 54.7 Å². The second-order valence-corrected chi connectivity index (χ2v) is 5.11. The summed E-state index contributed by atoms with van der Waals surface area (Å²) >= 11 is 6.02. The Balaban J connectivity index is 1.82. The van der Waals surface area contributed by atoms with Crippen molar-refractivity contribution in [2.24, 2.45) is 5.73 Å². The number of benzene rings is 2. The molecule has 2 amide bonds. The SMILES string of the molecule is NCc1cccc(CNC(=O)N/C=C/c2ccccc2Cl)c1. The van der Waals surface area contributed by atoms with Crippen LogP contribution in [-0.4, -0.2) is 6.03 Å². The zero-order valence-electron chi connectivity index (χ0n) is 12.1. The second kappa shape index (κ2) is 8.22. The summed E-state index contributed by atoms with van der Waals surface area (Å²) in [7, 11) is 0. The van der Waals surface area contributed by atoms with Crippen molar-refractivity contribution in [2.45, 2.75) is 13.1 Å². The van der Waals surface area contributed by atoms with E-state index in [-0.39, 0.29) is 6.03 Å². The molecule has 0 aliphatic heterocycles. The summed E-state index contributed by atoms with van der Waals surface area (Å²) in [6.45, 7) is 0.931. The quantitative estimate of drug-likeness (QED) is 0.792. The number of urea groups is 1. The Hall–Kier alpha value is -2.30. The van der Waals surface area contributed by atoms with Gasteiger partial charge in [-0.25, -0.2) is 4.79 Å². The molecule has 0 aliphatic rings. The number of rotatable bonds is 5. The lowest BCUT2D eigenvalue weighted by Crippen LogP contribution is -2.31. The molecule has 114 valence electrons. The van der Waals surface area contributed by atoms with Crippen LogP contribution in [0.4, 0.5) is 4.79 Å². The summed E-state index contributed by atoms with van der Waals surface area (Å²) in [4.78, 5) is 11.7. The van der Waals surface area contributed by atoms with Gasteiger partial charge in [-0.1, -0.05) is 54.1 Å². The van der Waals surface area contributed by atoms with Crippen molar-refractivity contribution in [3.63, 3.8) is 0 Å². The Morgan fingerprint density at radius 1 is 1.14 bits per heavy atom. The maximum atomic E-state index is 11.7. The second-order valence-electron chi connectivity index (χ2n) is 4.71. The molecule has 0 bridgehead atoms. The minimum absolute atomic E-state index is 0.276. The van der Waals surface area contributed by atoms with Gasteiger partial charge in [-0.15, -0.1) is 0 Å². The fourth-order valence-corrected chi connectivity index (χ4v) is 2.12. The van der Waals surface area contributed by atoms with Crippen molar-refractivity contribution in [1.82, 2.24) is 10.6 Å². The van der Waals surface area contributed by atoms with Crippen molar-refractivity contribution < 1.29 is 4.79 Å². The highest BCUT2D eigenvalue weighted by atomic mass is 35.5. The molecule has 0 radical (unpaired) electrons. The third-order valence-corrected chi connectivity index (χ3v) is 3.41. The molecule has 0 atom stereocenters. The van der Waals surface area contributed by atoms with Crippen LogP contribution in [0.2, 0.25) is 5.02 Å². The lowest BCUT2D eigenvalue weighted by atomic mass is 10.1. The molecule has 0 aliphatic carbocycles. The van der Waals surface area contributed by atoms with Gasteiger partial charge in [0.05, 0.1) is 0 Å². The summed E-state index contributed by atoms with van der Waals surface area (Å²) in [5.74, 6) is 0. The first kappa shape index (κ1) is 16.1. The van der Waals surface area contributed by atoms with E-state index in [2.05, 4.69) is 10.6 Å². The Bertz CT molecular complexity index is 670. The number of nitrogens with one attached hydrogen (secondary N) is 2. The van der Waals surface area contributed by atoms with Gasteiger partial charge < -0.3 is 16.4 Å². The van der Waals surface area contributed by atoms with Gasteiger partial charge in [-0.2, -0.15) is 0 Å². The average molecular weight is 316 g/mol. The number of hydrogen-bond donors (Lipinski definition) is 3. The molecular formula is C17H18ClN3O. The third kappa shape index (κ3) is 4.91. The van der Waals surface area contributed by atoms with Crippen LogP contribution < -0.4 is 16.4 Å². The van der Waals surface area contributed by atoms with Gasteiger partial charge in [-0.3, -0.25) is 0 Å². The Morgan fingerprint density at radius 3 is 2.68 bits per heavy atom. The van der Waals surface area contributed by atoms with Crippen molar-refractivity contribution >= 4 is 23.7 Å². The molecule has 0 saturated carbocycles. The Labute approximate surface area is 135 Å². The van der Waals surface area contributed by atoms with Crippen LogP contribution in [-0.2, 0) is 13.1 Å². The Kier molecular flexibility index (Phi) is 6.01. The fourth-order valence-electron chi connectivity index (χ4n) is 1.92. The van der Waals surface area contributed by atoms with Gasteiger partial charge in [0.25, 0.3) is 0 Å². The highest BCUT2D eigenvalue weighted by Crippen LogP contribution is 2.15. The van der Waals surface area contributed by atoms with Crippen molar-refractivity contribution in [1.29, 1.82) is 0 Å². The van der Waals surface area contributed by atoms with Gasteiger partial charge in [0.15, 0.2) is 0 Å². The predicted molar refractivity (Wildman–Crippen MR) is 90.2 cm³/mol. The first-order valence-electron chi connectivity index (χ1n) is 6.92. The molecular weight excluding hydrogens is 298 g/mol. The Morgan fingerprint density at radius 2 is 1.91 bits per heavy atom. The van der Waals surface area contributed by atoms with Crippen LogP contribution in [0.3, 0.4) is 0 Å². The standard InChI is InChI=1S/C17H18ClN3O/c18-16-7-2-1-6-15(16)8-9-20-17(22)21-12-14-5-3-4-13(10-14)11-19/h1-10H,11-12,19H2,(H2,20,21,22)/b9-8+. The van der Waals surface area contributed by atoms with Crippen LogP contribution in [0.1, 0.15) is 16.7 Å². The van der Waals surface area contributed by atoms with Crippen LogP contribution in [0.5, 0.6) is 0 Å². The van der Waals surface area contributed by atoms with Crippen molar-refractivity contribution in [3.8, 4) is 0 Å². The van der Waals surface area contributed by atoms with Gasteiger partial charge in [0.2, 0.25) is 0 Å².